The first-order valence-electron chi connectivity index (χ1n) is 7.24. The van der Waals surface area contributed by atoms with Crippen LogP contribution >= 0.6 is 15.9 Å². The molecule has 122 valence electrons. The second-order valence-electron chi connectivity index (χ2n) is 5.12. The summed E-state index contributed by atoms with van der Waals surface area (Å²) in [6.07, 6.45) is 3.49. The third-order valence-electron chi connectivity index (χ3n) is 3.57. The average molecular weight is 387 g/mol. The highest BCUT2D eigenvalue weighted by Gasteiger charge is 2.24. The van der Waals surface area contributed by atoms with Crippen molar-refractivity contribution in [2.75, 3.05) is 14.2 Å². The molecule has 1 aliphatic rings. The van der Waals surface area contributed by atoms with Crippen molar-refractivity contribution in [2.24, 2.45) is 0 Å². The van der Waals surface area contributed by atoms with Crippen LogP contribution in [-0.2, 0) is 9.53 Å². The zero-order valence-corrected chi connectivity index (χ0v) is 14.8. The Morgan fingerprint density at radius 3 is 2.62 bits per heavy atom. The molecule has 0 N–H and O–H groups in total. The van der Waals surface area contributed by atoms with Crippen LogP contribution in [0.5, 0.6) is 11.5 Å². The minimum Gasteiger partial charge on any atom is -0.497 e. The van der Waals surface area contributed by atoms with Gasteiger partial charge < -0.3 is 14.2 Å². The van der Waals surface area contributed by atoms with Gasteiger partial charge in [-0.3, -0.25) is 0 Å². The molecule has 0 aromatic heterocycles. The molecule has 0 unspecified atom stereocenters. The van der Waals surface area contributed by atoms with Gasteiger partial charge in [-0.2, -0.15) is 0 Å². The number of halogens is 1. The molecule has 4 nitrogen and oxygen atoms in total. The van der Waals surface area contributed by atoms with Gasteiger partial charge in [-0.15, -0.1) is 0 Å². The number of esters is 1. The number of carbonyl (C=O) groups is 1. The van der Waals surface area contributed by atoms with Gasteiger partial charge in [-0.1, -0.05) is 28.1 Å². The van der Waals surface area contributed by atoms with E-state index in [0.717, 1.165) is 10.0 Å². The van der Waals surface area contributed by atoms with Gasteiger partial charge in [0.05, 0.1) is 25.4 Å². The van der Waals surface area contributed by atoms with Gasteiger partial charge in [0.25, 0.3) is 0 Å². The van der Waals surface area contributed by atoms with Gasteiger partial charge in [-0.05, 0) is 48.0 Å². The molecule has 1 heterocycles. The van der Waals surface area contributed by atoms with Crippen molar-refractivity contribution in [3.8, 4) is 11.5 Å². The molecule has 3 rings (SSSR count). The summed E-state index contributed by atoms with van der Waals surface area (Å²) in [5.74, 6) is 1.32. The van der Waals surface area contributed by atoms with Crippen molar-refractivity contribution in [1.82, 2.24) is 0 Å². The molecule has 0 saturated carbocycles. The van der Waals surface area contributed by atoms with E-state index in [1.165, 1.54) is 0 Å². The lowest BCUT2D eigenvalue weighted by molar-refractivity contribution is -0.130. The van der Waals surface area contributed by atoms with Crippen molar-refractivity contribution in [3.63, 3.8) is 0 Å². The van der Waals surface area contributed by atoms with Crippen LogP contribution < -0.4 is 9.47 Å². The van der Waals surface area contributed by atoms with Crippen LogP contribution in [0.3, 0.4) is 0 Å². The average Bonchev–Trinajstić information content (AvgIpc) is 2.95. The fourth-order valence-electron chi connectivity index (χ4n) is 2.40. The molecule has 2 aromatic carbocycles. The third kappa shape index (κ3) is 3.36. The lowest BCUT2D eigenvalue weighted by Crippen LogP contribution is -1.98. The van der Waals surface area contributed by atoms with Crippen LogP contribution in [-0.4, -0.2) is 20.2 Å². The van der Waals surface area contributed by atoms with E-state index in [2.05, 4.69) is 15.9 Å². The summed E-state index contributed by atoms with van der Waals surface area (Å²) in [6, 6.07) is 13.0. The molecule has 0 spiro atoms. The van der Waals surface area contributed by atoms with E-state index in [-0.39, 0.29) is 0 Å². The van der Waals surface area contributed by atoms with E-state index in [1.54, 1.807) is 44.6 Å². The first-order chi connectivity index (χ1) is 11.6. The number of carbonyl (C=O) groups excluding carboxylic acids is 1. The van der Waals surface area contributed by atoms with Crippen LogP contribution in [0.4, 0.5) is 0 Å². The SMILES string of the molecule is COc1ccc(OC)c(C2=C/C(=C/c3cccc(Br)c3)C(=O)O2)c1. The number of hydrogen-bond donors (Lipinski definition) is 0. The lowest BCUT2D eigenvalue weighted by Gasteiger charge is -2.10. The van der Waals surface area contributed by atoms with E-state index in [0.29, 0.717) is 28.4 Å². The topological polar surface area (TPSA) is 44.8 Å². The third-order valence-corrected chi connectivity index (χ3v) is 4.06. The number of hydrogen-bond acceptors (Lipinski definition) is 4. The predicted molar refractivity (Wildman–Crippen MR) is 95.7 cm³/mol. The Morgan fingerprint density at radius 2 is 1.92 bits per heavy atom. The number of benzene rings is 2. The molecule has 0 aliphatic carbocycles. The van der Waals surface area contributed by atoms with E-state index in [9.17, 15) is 4.79 Å². The minimum absolute atomic E-state index is 0.394. The number of rotatable bonds is 4. The first-order valence-corrected chi connectivity index (χ1v) is 8.03. The van der Waals surface area contributed by atoms with Gasteiger partial charge in [0, 0.05) is 4.47 Å². The van der Waals surface area contributed by atoms with Crippen LogP contribution in [0.25, 0.3) is 11.8 Å². The fourth-order valence-corrected chi connectivity index (χ4v) is 2.82. The smallest absolute Gasteiger partial charge is 0.343 e. The predicted octanol–water partition coefficient (Wildman–Crippen LogP) is 4.45. The van der Waals surface area contributed by atoms with Crippen LogP contribution in [0.2, 0.25) is 0 Å². The Morgan fingerprint density at radius 1 is 1.08 bits per heavy atom. The van der Waals surface area contributed by atoms with Gasteiger partial charge in [-0.25, -0.2) is 4.79 Å². The summed E-state index contributed by atoms with van der Waals surface area (Å²) < 4.78 is 16.9. The molecular formula is C19H15BrO4. The lowest BCUT2D eigenvalue weighted by atomic mass is 10.1. The second-order valence-corrected chi connectivity index (χ2v) is 6.03. The van der Waals surface area contributed by atoms with E-state index >= 15 is 0 Å². The summed E-state index contributed by atoms with van der Waals surface area (Å²) in [7, 11) is 3.15. The van der Waals surface area contributed by atoms with E-state index in [1.807, 2.05) is 24.3 Å². The zero-order chi connectivity index (χ0) is 17.1. The highest BCUT2D eigenvalue weighted by atomic mass is 79.9. The molecule has 0 fully saturated rings. The first kappa shape index (κ1) is 16.3. The van der Waals surface area contributed by atoms with Crippen molar-refractivity contribution < 1.29 is 19.0 Å². The quantitative estimate of drug-likeness (QED) is 0.575. The Balaban J connectivity index is 2.00. The van der Waals surface area contributed by atoms with E-state index < -0.39 is 5.97 Å². The number of methoxy groups -OCH3 is 2. The minimum atomic E-state index is -0.394. The molecule has 2 aromatic rings. The maximum absolute atomic E-state index is 12.2. The monoisotopic (exact) mass is 386 g/mol. The molecule has 0 amide bonds. The molecule has 1 aliphatic heterocycles. The number of ether oxygens (including phenoxy) is 3. The summed E-state index contributed by atoms with van der Waals surface area (Å²) in [5, 5.41) is 0. The van der Waals surface area contributed by atoms with Gasteiger partial charge in [0.2, 0.25) is 0 Å². The van der Waals surface area contributed by atoms with Crippen molar-refractivity contribution in [2.45, 2.75) is 0 Å². The molecule has 0 saturated heterocycles. The molecule has 0 radical (unpaired) electrons. The molecule has 24 heavy (non-hydrogen) atoms. The summed E-state index contributed by atoms with van der Waals surface area (Å²) >= 11 is 3.42. The van der Waals surface area contributed by atoms with Crippen LogP contribution in [0.15, 0.2) is 58.6 Å². The van der Waals surface area contributed by atoms with Crippen molar-refractivity contribution in [1.29, 1.82) is 0 Å². The zero-order valence-electron chi connectivity index (χ0n) is 13.2. The van der Waals surface area contributed by atoms with Crippen molar-refractivity contribution >= 4 is 33.7 Å². The molecule has 0 atom stereocenters. The highest BCUT2D eigenvalue weighted by molar-refractivity contribution is 9.10. The Bertz CT molecular complexity index is 852. The van der Waals surface area contributed by atoms with Crippen LogP contribution in [0, 0.1) is 0 Å². The standard InChI is InChI=1S/C19H15BrO4/c1-22-15-6-7-17(23-2)16(11-15)18-10-13(19(21)24-18)8-12-4-3-5-14(20)9-12/h3-11H,1-2H3/b13-8-. The second kappa shape index (κ2) is 6.93. The highest BCUT2D eigenvalue weighted by Crippen LogP contribution is 2.35. The number of cyclic esters (lactones) is 1. The normalized spacial score (nSPS) is 15.2. The molecule has 0 bridgehead atoms. The molecular weight excluding hydrogens is 372 g/mol. The van der Waals surface area contributed by atoms with Crippen molar-refractivity contribution in [3.05, 3.63) is 69.7 Å². The molecule has 5 heteroatoms. The Kier molecular flexibility index (Phi) is 4.71. The largest absolute Gasteiger partial charge is 0.497 e. The van der Waals surface area contributed by atoms with Crippen LogP contribution in [0.1, 0.15) is 11.1 Å². The summed E-state index contributed by atoms with van der Waals surface area (Å²) in [6.45, 7) is 0. The summed E-state index contributed by atoms with van der Waals surface area (Å²) in [5.41, 5.74) is 2.06. The van der Waals surface area contributed by atoms with Gasteiger partial charge in [0.1, 0.15) is 17.3 Å². The maximum atomic E-state index is 12.2. The van der Waals surface area contributed by atoms with Gasteiger partial charge >= 0.3 is 5.97 Å². The summed E-state index contributed by atoms with van der Waals surface area (Å²) in [4.78, 5) is 12.2. The Labute approximate surface area is 148 Å². The fraction of sp³-hybridized carbons (Fsp3) is 0.105. The Hall–Kier alpha value is -2.53. The maximum Gasteiger partial charge on any atom is 0.343 e. The van der Waals surface area contributed by atoms with Gasteiger partial charge in [0.15, 0.2) is 0 Å². The van der Waals surface area contributed by atoms with E-state index in [4.69, 9.17) is 14.2 Å².